The van der Waals surface area contributed by atoms with Crippen LogP contribution in [0.5, 0.6) is 0 Å². The van der Waals surface area contributed by atoms with Crippen molar-refractivity contribution in [1.82, 2.24) is 20.5 Å². The number of benzene rings is 1. The summed E-state index contributed by atoms with van der Waals surface area (Å²) < 4.78 is 5.20. The molecule has 1 aromatic carbocycles. The first-order chi connectivity index (χ1) is 20.0. The Balaban J connectivity index is 1.48. The molecule has 2 fully saturated rings. The monoisotopic (exact) mass is 574 g/mol. The van der Waals surface area contributed by atoms with Crippen LogP contribution in [0.2, 0.25) is 0 Å². The summed E-state index contributed by atoms with van der Waals surface area (Å²) in [5, 5.41) is 7.07. The van der Waals surface area contributed by atoms with Gasteiger partial charge in [-0.05, 0) is 69.5 Å². The number of hydrogen-bond donors (Lipinski definition) is 2. The standard InChI is InChI=1S/C33H42N4O3S/c1-22(34-2)31(38)35-29(24-13-5-4-6-14-24)33(39)37-20-10-18-27(37)32-36-30(28(41-32)19-11-21-40-3)26-17-9-15-23-12-7-8-16-25(23)26/h8-9,15-17,22,24,27,29,34H,4-7,10,12-14,18,20-21H2,1-3H3,(H,35,38)/t22-,27-,29-/m0/s1. The lowest BCUT2D eigenvalue weighted by Gasteiger charge is -2.35. The maximum atomic E-state index is 14.3. The minimum Gasteiger partial charge on any atom is -0.372 e. The van der Waals surface area contributed by atoms with E-state index in [0.717, 1.165) is 72.5 Å². The van der Waals surface area contributed by atoms with Crippen molar-refractivity contribution in [1.29, 1.82) is 0 Å². The summed E-state index contributed by atoms with van der Waals surface area (Å²) in [7, 11) is 3.41. The van der Waals surface area contributed by atoms with Crippen LogP contribution in [-0.4, -0.2) is 61.1 Å². The van der Waals surface area contributed by atoms with Crippen LogP contribution in [0.1, 0.15) is 85.3 Å². The molecule has 5 rings (SSSR count). The first-order valence-corrected chi connectivity index (χ1v) is 15.9. The number of carbonyl (C=O) groups excluding carboxylic acids is 2. The van der Waals surface area contributed by atoms with Gasteiger partial charge in [-0.1, -0.05) is 61.5 Å². The average molecular weight is 575 g/mol. The van der Waals surface area contributed by atoms with E-state index in [2.05, 4.69) is 52.8 Å². The summed E-state index contributed by atoms with van der Waals surface area (Å²) in [6.07, 6.45) is 13.6. The van der Waals surface area contributed by atoms with E-state index in [9.17, 15) is 9.59 Å². The van der Waals surface area contributed by atoms with Crippen molar-refractivity contribution in [2.75, 3.05) is 27.3 Å². The van der Waals surface area contributed by atoms with Crippen LogP contribution < -0.4 is 10.6 Å². The van der Waals surface area contributed by atoms with E-state index in [0.29, 0.717) is 13.2 Å². The second-order valence-electron chi connectivity index (χ2n) is 11.4. The molecule has 3 aliphatic rings. The van der Waals surface area contributed by atoms with Crippen molar-refractivity contribution in [3.8, 4) is 23.1 Å². The summed E-state index contributed by atoms with van der Waals surface area (Å²) in [5.41, 5.74) is 4.52. The van der Waals surface area contributed by atoms with E-state index in [1.165, 1.54) is 17.5 Å². The SMILES string of the molecule is CN[C@@H](C)C(=O)N[C@H](C(=O)N1CCC[C@H]1c1nc(-c2cccc3c2C=CCC3)c(C#CCOC)s1)C1CCCCC1. The van der Waals surface area contributed by atoms with Gasteiger partial charge in [-0.15, -0.1) is 11.3 Å². The van der Waals surface area contributed by atoms with Gasteiger partial charge in [0, 0.05) is 19.2 Å². The first-order valence-electron chi connectivity index (χ1n) is 15.1. The Labute approximate surface area is 248 Å². The molecule has 8 heteroatoms. The smallest absolute Gasteiger partial charge is 0.246 e. The van der Waals surface area contributed by atoms with Gasteiger partial charge in [-0.3, -0.25) is 9.59 Å². The molecular formula is C33H42N4O3S. The number of rotatable bonds is 8. The van der Waals surface area contributed by atoms with Crippen LogP contribution in [0.3, 0.4) is 0 Å². The van der Waals surface area contributed by atoms with Gasteiger partial charge in [0.05, 0.1) is 17.8 Å². The molecule has 7 nitrogen and oxygen atoms in total. The quantitative estimate of drug-likeness (QED) is 0.429. The fraction of sp³-hybridized carbons (Fsp3) is 0.545. The first kappa shape index (κ1) is 29.5. The topological polar surface area (TPSA) is 83.6 Å². The molecule has 3 atom stereocenters. The number of fused-ring (bicyclic) bond motifs is 1. The molecule has 0 unspecified atom stereocenters. The second-order valence-corrected chi connectivity index (χ2v) is 12.4. The van der Waals surface area contributed by atoms with Gasteiger partial charge in [0.25, 0.3) is 0 Å². The number of allylic oxidation sites excluding steroid dienone is 1. The molecule has 1 aliphatic heterocycles. The van der Waals surface area contributed by atoms with E-state index in [1.807, 2.05) is 11.8 Å². The number of ether oxygens (including phenoxy) is 1. The molecule has 1 aromatic heterocycles. The van der Waals surface area contributed by atoms with Gasteiger partial charge >= 0.3 is 0 Å². The molecule has 0 bridgehead atoms. The van der Waals surface area contributed by atoms with Crippen molar-refractivity contribution in [2.24, 2.45) is 5.92 Å². The highest BCUT2D eigenvalue weighted by Gasteiger charge is 2.40. The third-order valence-corrected chi connectivity index (χ3v) is 9.78. The van der Waals surface area contributed by atoms with Gasteiger partial charge in [-0.25, -0.2) is 4.98 Å². The highest BCUT2D eigenvalue weighted by Crippen LogP contribution is 2.41. The molecule has 2 amide bonds. The number of likely N-dealkylation sites (N-methyl/N-ethyl adjacent to an activating group) is 1. The number of nitrogens with one attached hydrogen (secondary N) is 2. The largest absolute Gasteiger partial charge is 0.372 e. The molecular weight excluding hydrogens is 532 g/mol. The molecule has 41 heavy (non-hydrogen) atoms. The Bertz CT molecular complexity index is 1330. The normalized spacial score (nSPS) is 20.2. The molecule has 2 N–H and O–H groups in total. The zero-order chi connectivity index (χ0) is 28.8. The van der Waals surface area contributed by atoms with Crippen LogP contribution in [0, 0.1) is 17.8 Å². The number of methoxy groups -OCH3 is 1. The third-order valence-electron chi connectivity index (χ3n) is 8.71. The minimum atomic E-state index is -0.508. The van der Waals surface area contributed by atoms with Crippen molar-refractivity contribution in [3.05, 3.63) is 45.3 Å². The molecule has 1 saturated carbocycles. The number of likely N-dealkylation sites (tertiary alicyclic amines) is 1. The van der Waals surface area contributed by atoms with Crippen molar-refractivity contribution < 1.29 is 14.3 Å². The number of carbonyl (C=O) groups is 2. The molecule has 0 spiro atoms. The molecule has 1 saturated heterocycles. The lowest BCUT2D eigenvalue weighted by atomic mass is 9.83. The van der Waals surface area contributed by atoms with Gasteiger partial charge in [0.1, 0.15) is 22.5 Å². The number of aryl methyl sites for hydroxylation is 1. The van der Waals surface area contributed by atoms with Crippen LogP contribution in [0.15, 0.2) is 24.3 Å². The van der Waals surface area contributed by atoms with Crippen LogP contribution in [-0.2, 0) is 20.7 Å². The third kappa shape index (κ3) is 6.58. The number of amides is 2. The van der Waals surface area contributed by atoms with Crippen molar-refractivity contribution in [3.63, 3.8) is 0 Å². The average Bonchev–Trinajstić information content (AvgIpc) is 3.67. The highest BCUT2D eigenvalue weighted by molar-refractivity contribution is 7.12. The highest BCUT2D eigenvalue weighted by atomic mass is 32.1. The Hall–Kier alpha value is -2.99. The maximum absolute atomic E-state index is 14.3. The maximum Gasteiger partial charge on any atom is 0.246 e. The lowest BCUT2D eigenvalue weighted by Crippen LogP contribution is -2.55. The predicted molar refractivity (Wildman–Crippen MR) is 164 cm³/mol. The van der Waals surface area contributed by atoms with Crippen LogP contribution in [0.4, 0.5) is 0 Å². The Morgan fingerprint density at radius 1 is 1.20 bits per heavy atom. The summed E-state index contributed by atoms with van der Waals surface area (Å²) in [4.78, 5) is 35.3. The minimum absolute atomic E-state index is 0.0276. The van der Waals surface area contributed by atoms with E-state index in [4.69, 9.17) is 9.72 Å². The summed E-state index contributed by atoms with van der Waals surface area (Å²) >= 11 is 1.59. The fourth-order valence-electron chi connectivity index (χ4n) is 6.33. The number of aromatic nitrogens is 1. The molecule has 2 aliphatic carbocycles. The zero-order valence-corrected chi connectivity index (χ0v) is 25.3. The summed E-state index contributed by atoms with van der Waals surface area (Å²) in [5.74, 6) is 6.51. The van der Waals surface area contributed by atoms with Gasteiger partial charge in [0.2, 0.25) is 11.8 Å². The summed E-state index contributed by atoms with van der Waals surface area (Å²) in [6, 6.07) is 5.44. The molecule has 2 heterocycles. The van der Waals surface area contributed by atoms with Crippen LogP contribution in [0.25, 0.3) is 17.3 Å². The lowest BCUT2D eigenvalue weighted by molar-refractivity contribution is -0.139. The Morgan fingerprint density at radius 2 is 2.02 bits per heavy atom. The second kappa shape index (κ2) is 13.8. The van der Waals surface area contributed by atoms with Gasteiger partial charge in [-0.2, -0.15) is 0 Å². The molecule has 218 valence electrons. The fourth-order valence-corrected chi connectivity index (χ4v) is 7.44. The van der Waals surface area contributed by atoms with Crippen LogP contribution >= 0.6 is 11.3 Å². The van der Waals surface area contributed by atoms with Gasteiger partial charge in [0.15, 0.2) is 0 Å². The van der Waals surface area contributed by atoms with Crippen molar-refractivity contribution >= 4 is 29.2 Å². The summed E-state index contributed by atoms with van der Waals surface area (Å²) in [6.45, 7) is 2.85. The number of hydrogen-bond acceptors (Lipinski definition) is 6. The van der Waals surface area contributed by atoms with E-state index in [-0.39, 0.29) is 29.8 Å². The van der Waals surface area contributed by atoms with E-state index < -0.39 is 6.04 Å². The van der Waals surface area contributed by atoms with E-state index in [1.54, 1.807) is 25.5 Å². The van der Waals surface area contributed by atoms with E-state index >= 15 is 0 Å². The Morgan fingerprint density at radius 3 is 2.80 bits per heavy atom. The Kier molecular flexibility index (Phi) is 9.92. The molecule has 2 aromatic rings. The number of thiazole rings is 1. The molecule has 0 radical (unpaired) electrons. The predicted octanol–water partition coefficient (Wildman–Crippen LogP) is 5.10. The zero-order valence-electron chi connectivity index (χ0n) is 24.5. The van der Waals surface area contributed by atoms with Crippen molar-refractivity contribution in [2.45, 2.75) is 82.8 Å². The number of nitrogens with zero attached hydrogens (tertiary/aromatic N) is 2. The van der Waals surface area contributed by atoms with Gasteiger partial charge < -0.3 is 20.3 Å².